The van der Waals surface area contributed by atoms with E-state index >= 15 is 0 Å². The normalized spacial score (nSPS) is 18.4. The molecule has 0 aliphatic carbocycles. The molecule has 0 bridgehead atoms. The maximum atomic E-state index is 13.3. The second kappa shape index (κ2) is 14.4. The van der Waals surface area contributed by atoms with E-state index in [1.807, 2.05) is 43.5 Å². The number of likely N-dealkylation sites (tertiary alicyclic amines) is 1. The van der Waals surface area contributed by atoms with Gasteiger partial charge in [0.25, 0.3) is 5.91 Å². The highest BCUT2D eigenvalue weighted by Gasteiger charge is 2.30. The van der Waals surface area contributed by atoms with Gasteiger partial charge in [-0.25, -0.2) is 0 Å². The molecule has 2 fully saturated rings. The molecular weight excluding hydrogens is 585 g/mol. The average Bonchev–Trinajstić information content (AvgIpc) is 3.03. The fourth-order valence-electron chi connectivity index (χ4n) is 5.99. The molecule has 3 heterocycles. The summed E-state index contributed by atoms with van der Waals surface area (Å²) in [4.78, 5) is 32.9. The Hall–Kier alpha value is -3.96. The molecule has 0 saturated carbocycles. The number of carbonyl (C=O) groups excluding carboxylic acids is 1. The number of alkyl halides is 3. The van der Waals surface area contributed by atoms with E-state index in [0.717, 1.165) is 60.8 Å². The number of rotatable bonds is 10. The largest absolute Gasteiger partial charge is 0.481 e. The molecule has 0 spiro atoms. The van der Waals surface area contributed by atoms with Gasteiger partial charge in [0.2, 0.25) is 0 Å². The molecule has 5 rings (SSSR count). The number of amides is 1. The lowest BCUT2D eigenvalue weighted by Gasteiger charge is -2.30. The van der Waals surface area contributed by atoms with Crippen molar-refractivity contribution in [3.8, 4) is 11.1 Å². The fourth-order valence-corrected chi connectivity index (χ4v) is 5.99. The summed E-state index contributed by atoms with van der Waals surface area (Å²) in [5.74, 6) is -1.74. The molecule has 8 nitrogen and oxygen atoms in total. The van der Waals surface area contributed by atoms with Gasteiger partial charge < -0.3 is 20.1 Å². The molecule has 2 aliphatic heterocycles. The molecule has 45 heavy (non-hydrogen) atoms. The summed E-state index contributed by atoms with van der Waals surface area (Å²) in [6.45, 7) is 6.51. The number of aryl methyl sites for hydroxylation is 1. The Labute approximate surface area is 261 Å². The highest BCUT2D eigenvalue weighted by molar-refractivity contribution is 5.95. The Morgan fingerprint density at radius 1 is 1.04 bits per heavy atom. The first-order valence-corrected chi connectivity index (χ1v) is 15.4. The van der Waals surface area contributed by atoms with Gasteiger partial charge in [-0.1, -0.05) is 24.3 Å². The van der Waals surface area contributed by atoms with Crippen LogP contribution in [0.2, 0.25) is 0 Å². The van der Waals surface area contributed by atoms with E-state index in [2.05, 4.69) is 15.2 Å². The van der Waals surface area contributed by atoms with Crippen LogP contribution in [0, 0.1) is 12.8 Å². The molecule has 1 aromatic heterocycles. The van der Waals surface area contributed by atoms with Crippen LogP contribution in [0.15, 0.2) is 60.8 Å². The Kier molecular flexibility index (Phi) is 10.4. The minimum atomic E-state index is -4.30. The summed E-state index contributed by atoms with van der Waals surface area (Å²) in [5.41, 5.74) is 5.44. The monoisotopic (exact) mass is 624 g/mol. The number of carboxylic acid groups (broad SMARTS) is 1. The summed E-state index contributed by atoms with van der Waals surface area (Å²) in [6.07, 6.45) is -2.42. The number of halogens is 3. The van der Waals surface area contributed by atoms with E-state index in [0.29, 0.717) is 30.6 Å². The lowest BCUT2D eigenvalue weighted by molar-refractivity contribution is -0.143. The first kappa shape index (κ1) is 32.4. The molecule has 3 aromatic rings. The summed E-state index contributed by atoms with van der Waals surface area (Å²) >= 11 is 0. The van der Waals surface area contributed by atoms with Gasteiger partial charge >= 0.3 is 12.1 Å². The maximum Gasteiger partial charge on any atom is 0.389 e. The third-order valence-electron chi connectivity index (χ3n) is 8.54. The molecule has 2 atom stereocenters. The molecule has 2 aromatic carbocycles. The number of benzene rings is 2. The maximum absolute atomic E-state index is 13.3. The van der Waals surface area contributed by atoms with Crippen molar-refractivity contribution >= 4 is 17.6 Å². The van der Waals surface area contributed by atoms with Gasteiger partial charge in [-0.15, -0.1) is 0 Å². The molecule has 2 aliphatic rings. The highest BCUT2D eigenvalue weighted by Crippen LogP contribution is 2.33. The van der Waals surface area contributed by atoms with Crippen LogP contribution in [0.4, 0.5) is 18.9 Å². The fraction of sp³-hybridized carbons (Fsp3) is 0.441. The van der Waals surface area contributed by atoms with Gasteiger partial charge in [0, 0.05) is 62.2 Å². The molecular formula is C34H39F3N4O4. The standard InChI is InChI=1S/C34H39F3N4O4/c1-23-19-25(26-6-10-29(38-20-26)22-40-15-17-45-18-16-40)7-11-30(23)31(12-13-34(35,36)37)39-28-8-4-24(5-9-28)32(42)41-14-2-3-27(21-41)33(43)44/h4-11,19-20,27,31,39H,2-3,12-18,21-22H2,1H3,(H,43,44)/t27-,31?/m1/s1. The SMILES string of the molecule is Cc1cc(-c2ccc(CN3CCOCC3)nc2)ccc1C(CCC(F)(F)F)Nc1ccc(C(=O)N2CCC[C@@H](C(=O)O)C2)cc1. The van der Waals surface area contributed by atoms with Crippen LogP contribution < -0.4 is 5.32 Å². The van der Waals surface area contributed by atoms with Gasteiger partial charge in [0.15, 0.2) is 0 Å². The number of carbonyl (C=O) groups is 2. The number of nitrogens with zero attached hydrogens (tertiary/aromatic N) is 3. The van der Waals surface area contributed by atoms with Crippen molar-refractivity contribution in [3.05, 3.63) is 83.2 Å². The van der Waals surface area contributed by atoms with Gasteiger partial charge in [0.1, 0.15) is 0 Å². The lowest BCUT2D eigenvalue weighted by Crippen LogP contribution is -2.42. The Balaban J connectivity index is 1.28. The van der Waals surface area contributed by atoms with Crippen LogP contribution in [-0.2, 0) is 16.1 Å². The van der Waals surface area contributed by atoms with Crippen molar-refractivity contribution in [1.82, 2.24) is 14.8 Å². The van der Waals surface area contributed by atoms with Crippen LogP contribution >= 0.6 is 0 Å². The number of aromatic nitrogens is 1. The number of morpholine rings is 1. The topological polar surface area (TPSA) is 95.0 Å². The smallest absolute Gasteiger partial charge is 0.389 e. The second-order valence-corrected chi connectivity index (χ2v) is 11.9. The first-order chi connectivity index (χ1) is 21.6. The van der Waals surface area contributed by atoms with Crippen molar-refractivity contribution in [1.29, 1.82) is 0 Å². The zero-order valence-corrected chi connectivity index (χ0v) is 25.4. The van der Waals surface area contributed by atoms with Gasteiger partial charge in [0.05, 0.1) is 30.9 Å². The zero-order valence-electron chi connectivity index (χ0n) is 25.4. The summed E-state index contributed by atoms with van der Waals surface area (Å²) in [5, 5.41) is 12.6. The van der Waals surface area contributed by atoms with Crippen molar-refractivity contribution in [2.24, 2.45) is 5.92 Å². The molecule has 2 saturated heterocycles. The predicted molar refractivity (Wildman–Crippen MR) is 165 cm³/mol. The number of hydrogen-bond donors (Lipinski definition) is 2. The van der Waals surface area contributed by atoms with Gasteiger partial charge in [-0.2, -0.15) is 13.2 Å². The zero-order chi connectivity index (χ0) is 32.0. The van der Waals surface area contributed by atoms with E-state index < -0.39 is 30.5 Å². The average molecular weight is 625 g/mol. The minimum Gasteiger partial charge on any atom is -0.481 e. The lowest BCUT2D eigenvalue weighted by atomic mass is 9.93. The highest BCUT2D eigenvalue weighted by atomic mass is 19.4. The first-order valence-electron chi connectivity index (χ1n) is 15.4. The number of pyridine rings is 1. The Morgan fingerprint density at radius 3 is 2.42 bits per heavy atom. The number of nitrogens with one attached hydrogen (secondary N) is 1. The number of ether oxygens (including phenoxy) is 1. The van der Waals surface area contributed by atoms with Crippen molar-refractivity contribution in [2.75, 3.05) is 44.7 Å². The Bertz CT molecular complexity index is 1460. The van der Waals surface area contributed by atoms with E-state index in [-0.39, 0.29) is 18.9 Å². The minimum absolute atomic E-state index is 0.160. The van der Waals surface area contributed by atoms with Crippen LogP contribution in [-0.4, -0.2) is 77.3 Å². The van der Waals surface area contributed by atoms with Crippen molar-refractivity contribution in [3.63, 3.8) is 0 Å². The van der Waals surface area contributed by atoms with Crippen LogP contribution in [0.1, 0.15) is 58.9 Å². The molecule has 11 heteroatoms. The second-order valence-electron chi connectivity index (χ2n) is 11.9. The van der Waals surface area contributed by atoms with Crippen molar-refractivity contribution in [2.45, 2.75) is 51.4 Å². The number of anilines is 1. The molecule has 1 unspecified atom stereocenters. The molecule has 2 N–H and O–H groups in total. The van der Waals surface area contributed by atoms with Crippen LogP contribution in [0.3, 0.4) is 0 Å². The number of hydrogen-bond acceptors (Lipinski definition) is 6. The third kappa shape index (κ3) is 8.82. The summed E-state index contributed by atoms with van der Waals surface area (Å²) < 4.78 is 45.3. The van der Waals surface area contributed by atoms with Crippen LogP contribution in [0.25, 0.3) is 11.1 Å². The van der Waals surface area contributed by atoms with E-state index in [9.17, 15) is 27.9 Å². The summed E-state index contributed by atoms with van der Waals surface area (Å²) in [6, 6.07) is 15.8. The van der Waals surface area contributed by atoms with Crippen molar-refractivity contribution < 1.29 is 32.6 Å². The number of piperidine rings is 1. The molecule has 1 amide bonds. The third-order valence-corrected chi connectivity index (χ3v) is 8.54. The number of carboxylic acids is 1. The molecule has 240 valence electrons. The van der Waals surface area contributed by atoms with Gasteiger partial charge in [-0.3, -0.25) is 19.5 Å². The predicted octanol–water partition coefficient (Wildman–Crippen LogP) is 6.32. The van der Waals surface area contributed by atoms with Gasteiger partial charge in [-0.05, 0) is 73.2 Å². The van der Waals surface area contributed by atoms with E-state index in [1.54, 1.807) is 29.2 Å². The molecule has 0 radical (unpaired) electrons. The van der Waals surface area contributed by atoms with Crippen LogP contribution in [0.5, 0.6) is 0 Å². The van der Waals surface area contributed by atoms with E-state index in [4.69, 9.17) is 4.74 Å². The Morgan fingerprint density at radius 2 is 1.78 bits per heavy atom. The van der Waals surface area contributed by atoms with E-state index in [1.165, 1.54) is 0 Å². The number of aliphatic carboxylic acids is 1. The quantitative estimate of drug-likeness (QED) is 0.273. The summed E-state index contributed by atoms with van der Waals surface area (Å²) in [7, 11) is 0.